The molecule has 1 aromatic rings. The quantitative estimate of drug-likeness (QED) is 0.586. The second kappa shape index (κ2) is 10.5. The van der Waals surface area contributed by atoms with Crippen LogP contribution in [-0.4, -0.2) is 89.4 Å². The third kappa shape index (κ3) is 6.38. The first-order valence-electron chi connectivity index (χ1n) is 8.77. The summed E-state index contributed by atoms with van der Waals surface area (Å²) in [5, 5.41) is 4.25. The molecule has 0 atom stereocenters. The molecule has 1 heterocycles. The number of rotatable bonds is 7. The second-order valence-corrected chi connectivity index (χ2v) is 6.66. The fourth-order valence-electron chi connectivity index (χ4n) is 2.90. The van der Waals surface area contributed by atoms with Gasteiger partial charge < -0.3 is 24.8 Å². The largest absolute Gasteiger partial charge is 0.383 e. The van der Waals surface area contributed by atoms with Crippen molar-refractivity contribution in [1.82, 2.24) is 15.1 Å². The molecule has 2 rings (SSSR count). The zero-order valence-corrected chi connectivity index (χ0v) is 16.3. The van der Waals surface area contributed by atoms with Crippen LogP contribution < -0.4 is 10.2 Å². The fourth-order valence-corrected chi connectivity index (χ4v) is 3.08. The van der Waals surface area contributed by atoms with Crippen molar-refractivity contribution in [2.24, 2.45) is 4.99 Å². The Bertz CT molecular complexity index is 546. The lowest BCUT2D eigenvalue weighted by Crippen LogP contribution is -2.53. The third-order valence-electron chi connectivity index (χ3n) is 4.42. The fraction of sp³-hybridized carbons (Fsp3) is 0.611. The minimum absolute atomic E-state index is 0.761. The van der Waals surface area contributed by atoms with Gasteiger partial charge in [-0.2, -0.15) is 0 Å². The Morgan fingerprint density at radius 1 is 1.28 bits per heavy atom. The van der Waals surface area contributed by atoms with E-state index in [1.807, 2.05) is 25.2 Å². The highest BCUT2D eigenvalue weighted by atomic mass is 35.5. The molecule has 0 unspecified atom stereocenters. The normalized spacial score (nSPS) is 15.8. The van der Waals surface area contributed by atoms with E-state index >= 15 is 0 Å². The van der Waals surface area contributed by atoms with Gasteiger partial charge in [-0.05, 0) is 25.2 Å². The van der Waals surface area contributed by atoms with Gasteiger partial charge in [0.25, 0.3) is 0 Å². The maximum Gasteiger partial charge on any atom is 0.193 e. The Labute approximate surface area is 156 Å². The molecule has 1 N–H and O–H groups in total. The number of aliphatic imine (C=N–C) groups is 1. The van der Waals surface area contributed by atoms with Crippen LogP contribution in [0.3, 0.4) is 0 Å². The van der Waals surface area contributed by atoms with Gasteiger partial charge in [-0.15, -0.1) is 0 Å². The summed E-state index contributed by atoms with van der Waals surface area (Å²) >= 11 is 6.10. The Morgan fingerprint density at radius 2 is 2.04 bits per heavy atom. The summed E-state index contributed by atoms with van der Waals surface area (Å²) in [5.74, 6) is 0.978. The maximum absolute atomic E-state index is 6.10. The van der Waals surface area contributed by atoms with Gasteiger partial charge in [0.1, 0.15) is 0 Å². The molecule has 1 aliphatic rings. The molecule has 0 bridgehead atoms. The van der Waals surface area contributed by atoms with Gasteiger partial charge in [0.05, 0.1) is 6.61 Å². The number of ether oxygens (including phenoxy) is 1. The number of methoxy groups -OCH3 is 1. The number of halogens is 1. The van der Waals surface area contributed by atoms with Crippen LogP contribution in [0.1, 0.15) is 0 Å². The lowest BCUT2D eigenvalue weighted by molar-refractivity contribution is 0.162. The number of hydrogen-bond donors (Lipinski definition) is 1. The molecule has 140 valence electrons. The van der Waals surface area contributed by atoms with Crippen LogP contribution in [0.25, 0.3) is 0 Å². The molecule has 0 aliphatic carbocycles. The molecule has 0 amide bonds. The van der Waals surface area contributed by atoms with E-state index in [0.717, 1.165) is 63.4 Å². The molecule has 0 aromatic heterocycles. The predicted octanol–water partition coefficient (Wildman–Crippen LogP) is 1.62. The van der Waals surface area contributed by atoms with Gasteiger partial charge in [-0.1, -0.05) is 17.7 Å². The number of benzene rings is 1. The Morgan fingerprint density at radius 3 is 2.68 bits per heavy atom. The molecule has 1 aromatic carbocycles. The van der Waals surface area contributed by atoms with Crippen molar-refractivity contribution in [3.8, 4) is 0 Å². The molecule has 25 heavy (non-hydrogen) atoms. The minimum atomic E-state index is 0.761. The van der Waals surface area contributed by atoms with Gasteiger partial charge in [0.2, 0.25) is 0 Å². The smallest absolute Gasteiger partial charge is 0.193 e. The first-order valence-corrected chi connectivity index (χ1v) is 9.15. The highest BCUT2D eigenvalue weighted by Gasteiger charge is 2.19. The molecule has 0 radical (unpaired) electrons. The van der Waals surface area contributed by atoms with Crippen molar-refractivity contribution in [2.45, 2.75) is 0 Å². The first-order chi connectivity index (χ1) is 12.1. The van der Waals surface area contributed by atoms with Crippen LogP contribution in [0.4, 0.5) is 5.69 Å². The van der Waals surface area contributed by atoms with E-state index in [2.05, 4.69) is 38.1 Å². The number of guanidine groups is 1. The van der Waals surface area contributed by atoms with Crippen molar-refractivity contribution < 1.29 is 4.74 Å². The topological polar surface area (TPSA) is 43.3 Å². The summed E-state index contributed by atoms with van der Waals surface area (Å²) in [4.78, 5) is 11.4. The zero-order valence-electron chi connectivity index (χ0n) is 15.5. The standard InChI is InChI=1S/C18H30ClN5O/c1-20-18(21-7-8-22(2)13-14-25-3)24-11-9-23(10-12-24)17-6-4-5-16(19)15-17/h4-6,15H,7-14H2,1-3H3,(H,20,21). The van der Waals surface area contributed by atoms with E-state index in [0.29, 0.717) is 0 Å². The van der Waals surface area contributed by atoms with Crippen molar-refractivity contribution >= 4 is 23.2 Å². The van der Waals surface area contributed by atoms with Gasteiger partial charge in [-0.3, -0.25) is 4.99 Å². The van der Waals surface area contributed by atoms with Crippen LogP contribution in [-0.2, 0) is 4.74 Å². The maximum atomic E-state index is 6.10. The molecule has 1 fully saturated rings. The van der Waals surface area contributed by atoms with Gasteiger partial charge in [0, 0.05) is 70.7 Å². The molecule has 0 spiro atoms. The van der Waals surface area contributed by atoms with E-state index in [1.165, 1.54) is 5.69 Å². The minimum Gasteiger partial charge on any atom is -0.383 e. The molecule has 6 nitrogen and oxygen atoms in total. The van der Waals surface area contributed by atoms with Crippen LogP contribution >= 0.6 is 11.6 Å². The van der Waals surface area contributed by atoms with E-state index in [1.54, 1.807) is 7.11 Å². The second-order valence-electron chi connectivity index (χ2n) is 6.22. The number of anilines is 1. The van der Waals surface area contributed by atoms with Crippen molar-refractivity contribution in [3.05, 3.63) is 29.3 Å². The lowest BCUT2D eigenvalue weighted by atomic mass is 10.2. The predicted molar refractivity (Wildman–Crippen MR) is 106 cm³/mol. The van der Waals surface area contributed by atoms with Gasteiger partial charge >= 0.3 is 0 Å². The van der Waals surface area contributed by atoms with E-state index in [4.69, 9.17) is 16.3 Å². The van der Waals surface area contributed by atoms with Gasteiger partial charge in [0.15, 0.2) is 5.96 Å². The van der Waals surface area contributed by atoms with E-state index in [9.17, 15) is 0 Å². The van der Waals surface area contributed by atoms with Gasteiger partial charge in [-0.25, -0.2) is 0 Å². The average molecular weight is 368 g/mol. The summed E-state index contributed by atoms with van der Waals surface area (Å²) in [6.07, 6.45) is 0. The van der Waals surface area contributed by atoms with Crippen LogP contribution in [0.2, 0.25) is 5.02 Å². The summed E-state index contributed by atoms with van der Waals surface area (Å²) < 4.78 is 5.10. The van der Waals surface area contributed by atoms with Crippen LogP contribution in [0, 0.1) is 0 Å². The molecule has 1 saturated heterocycles. The summed E-state index contributed by atoms with van der Waals surface area (Å²) in [6.45, 7) is 7.37. The zero-order chi connectivity index (χ0) is 18.1. The number of nitrogens with zero attached hydrogens (tertiary/aromatic N) is 4. The van der Waals surface area contributed by atoms with Crippen LogP contribution in [0.5, 0.6) is 0 Å². The Balaban J connectivity index is 1.76. The monoisotopic (exact) mass is 367 g/mol. The summed E-state index contributed by atoms with van der Waals surface area (Å²) in [7, 11) is 5.69. The van der Waals surface area contributed by atoms with Crippen molar-refractivity contribution in [2.75, 3.05) is 78.5 Å². The molecule has 7 heteroatoms. The highest BCUT2D eigenvalue weighted by molar-refractivity contribution is 6.30. The average Bonchev–Trinajstić information content (AvgIpc) is 2.64. The third-order valence-corrected chi connectivity index (χ3v) is 4.65. The number of nitrogens with one attached hydrogen (secondary N) is 1. The highest BCUT2D eigenvalue weighted by Crippen LogP contribution is 2.20. The summed E-state index contributed by atoms with van der Waals surface area (Å²) in [6, 6.07) is 8.06. The lowest BCUT2D eigenvalue weighted by Gasteiger charge is -2.37. The van der Waals surface area contributed by atoms with E-state index < -0.39 is 0 Å². The molecular weight excluding hydrogens is 338 g/mol. The Hall–Kier alpha value is -1.50. The molecule has 0 saturated carbocycles. The van der Waals surface area contributed by atoms with E-state index in [-0.39, 0.29) is 0 Å². The number of hydrogen-bond acceptors (Lipinski definition) is 4. The Kier molecular flexibility index (Phi) is 8.31. The number of likely N-dealkylation sites (N-methyl/N-ethyl adjacent to an activating group) is 1. The SMILES string of the molecule is CN=C(NCCN(C)CCOC)N1CCN(c2cccc(Cl)c2)CC1. The molecule has 1 aliphatic heterocycles. The van der Waals surface area contributed by atoms with Crippen molar-refractivity contribution in [1.29, 1.82) is 0 Å². The number of piperazine rings is 1. The molecular formula is C18H30ClN5O. The summed E-state index contributed by atoms with van der Waals surface area (Å²) in [5.41, 5.74) is 1.19. The first kappa shape index (κ1) is 19.8. The van der Waals surface area contributed by atoms with Crippen molar-refractivity contribution in [3.63, 3.8) is 0 Å². The van der Waals surface area contributed by atoms with Crippen LogP contribution in [0.15, 0.2) is 29.3 Å².